The summed E-state index contributed by atoms with van der Waals surface area (Å²) in [4.78, 5) is 23.9. The van der Waals surface area contributed by atoms with Gasteiger partial charge in [0, 0.05) is 11.0 Å². The van der Waals surface area contributed by atoms with Gasteiger partial charge in [-0.1, -0.05) is 17.7 Å². The van der Waals surface area contributed by atoms with Gasteiger partial charge in [-0.15, -0.1) is 11.8 Å². The third-order valence-electron chi connectivity index (χ3n) is 2.13. The molecule has 1 N–H and O–H groups in total. The maximum absolute atomic E-state index is 11.7. The number of nitrogens with one attached hydrogen (secondary N) is 1. The minimum Gasteiger partial charge on any atom is -0.452 e. The van der Waals surface area contributed by atoms with Crippen LogP contribution >= 0.6 is 11.8 Å². The Bertz CT molecular complexity index is 493. The average molecular weight is 279 g/mol. The van der Waals surface area contributed by atoms with Crippen LogP contribution in [0.5, 0.6) is 0 Å². The molecule has 4 nitrogen and oxygen atoms in total. The number of hydrogen-bond acceptors (Lipinski definition) is 4. The molecule has 0 spiro atoms. The molecule has 0 saturated carbocycles. The Labute approximate surface area is 117 Å². The van der Waals surface area contributed by atoms with E-state index >= 15 is 0 Å². The molecule has 0 aliphatic rings. The van der Waals surface area contributed by atoms with Crippen molar-refractivity contribution in [1.82, 2.24) is 0 Å². The molecule has 0 aliphatic carbocycles. The van der Waals surface area contributed by atoms with Gasteiger partial charge in [0.05, 0.1) is 5.69 Å². The number of carbonyl (C=O) groups excluding carboxylic acids is 2. The predicted octanol–water partition coefficient (Wildman–Crippen LogP) is 2.86. The zero-order chi connectivity index (χ0) is 14.3. The number of carbonyl (C=O) groups is 2. The van der Waals surface area contributed by atoms with E-state index in [0.29, 0.717) is 0 Å². The van der Waals surface area contributed by atoms with Crippen LogP contribution in [0.15, 0.2) is 40.8 Å². The van der Waals surface area contributed by atoms with Crippen LogP contribution in [-0.2, 0) is 14.3 Å². The molecule has 1 aromatic rings. The van der Waals surface area contributed by atoms with Gasteiger partial charge in [-0.25, -0.2) is 4.79 Å². The molecule has 0 saturated heterocycles. The Balaban J connectivity index is 2.52. The largest absolute Gasteiger partial charge is 0.452 e. The molecular formula is C14H17NO3S. The molecule has 0 aliphatic heterocycles. The second-order valence-corrected chi connectivity index (χ2v) is 4.93. The Hall–Kier alpha value is -1.75. The van der Waals surface area contributed by atoms with Crippen molar-refractivity contribution < 1.29 is 14.3 Å². The van der Waals surface area contributed by atoms with Crippen LogP contribution < -0.4 is 5.32 Å². The molecule has 0 aromatic heterocycles. The Morgan fingerprint density at radius 3 is 2.63 bits per heavy atom. The summed E-state index contributed by atoms with van der Waals surface area (Å²) in [6, 6.07) is 7.46. The van der Waals surface area contributed by atoms with Crippen molar-refractivity contribution in [2.45, 2.75) is 18.7 Å². The molecule has 1 amide bonds. The van der Waals surface area contributed by atoms with E-state index in [1.165, 1.54) is 17.8 Å². The van der Waals surface area contributed by atoms with Crippen LogP contribution in [-0.4, -0.2) is 24.7 Å². The highest BCUT2D eigenvalue weighted by Crippen LogP contribution is 2.24. The van der Waals surface area contributed by atoms with Crippen LogP contribution in [0.2, 0.25) is 0 Å². The number of para-hydroxylation sites is 1. The van der Waals surface area contributed by atoms with Crippen LogP contribution in [0.25, 0.3) is 0 Å². The van der Waals surface area contributed by atoms with Gasteiger partial charge >= 0.3 is 5.97 Å². The van der Waals surface area contributed by atoms with Crippen LogP contribution in [0.3, 0.4) is 0 Å². The Morgan fingerprint density at radius 2 is 2.00 bits per heavy atom. The van der Waals surface area contributed by atoms with Crippen molar-refractivity contribution in [3.63, 3.8) is 0 Å². The van der Waals surface area contributed by atoms with Gasteiger partial charge in [-0.05, 0) is 32.2 Å². The molecule has 19 heavy (non-hydrogen) atoms. The summed E-state index contributed by atoms with van der Waals surface area (Å²) in [5, 5.41) is 2.71. The number of amides is 1. The number of hydrogen-bond donors (Lipinski definition) is 1. The lowest BCUT2D eigenvalue weighted by Gasteiger charge is -2.09. The number of esters is 1. The van der Waals surface area contributed by atoms with Gasteiger partial charge in [-0.2, -0.15) is 0 Å². The van der Waals surface area contributed by atoms with Crippen LogP contribution in [0.4, 0.5) is 5.69 Å². The molecule has 0 radical (unpaired) electrons. The van der Waals surface area contributed by atoms with Crippen molar-refractivity contribution in [1.29, 1.82) is 0 Å². The van der Waals surface area contributed by atoms with Crippen LogP contribution in [0, 0.1) is 0 Å². The normalized spacial score (nSPS) is 9.63. The van der Waals surface area contributed by atoms with Crippen molar-refractivity contribution in [2.24, 2.45) is 0 Å². The highest BCUT2D eigenvalue weighted by molar-refractivity contribution is 7.98. The second-order valence-electron chi connectivity index (χ2n) is 4.08. The summed E-state index contributed by atoms with van der Waals surface area (Å²) in [5.41, 5.74) is 1.55. The fourth-order valence-corrected chi connectivity index (χ4v) is 1.90. The molecule has 0 bridgehead atoms. The van der Waals surface area contributed by atoms with Crippen LogP contribution in [0.1, 0.15) is 13.8 Å². The molecule has 102 valence electrons. The third kappa shape index (κ3) is 5.61. The zero-order valence-electron chi connectivity index (χ0n) is 11.2. The predicted molar refractivity (Wildman–Crippen MR) is 77.2 cm³/mol. The lowest BCUT2D eigenvalue weighted by molar-refractivity contribution is -0.142. The maximum atomic E-state index is 11.7. The SMILES string of the molecule is CSc1ccccc1NC(=O)COC(=O)C=C(C)C. The quantitative estimate of drug-likeness (QED) is 0.511. The van der Waals surface area contributed by atoms with Crippen molar-refractivity contribution in [3.05, 3.63) is 35.9 Å². The fourth-order valence-electron chi connectivity index (χ4n) is 1.35. The van der Waals surface area contributed by atoms with E-state index in [9.17, 15) is 9.59 Å². The van der Waals surface area contributed by atoms with Gasteiger partial charge in [0.15, 0.2) is 6.61 Å². The standard InChI is InChI=1S/C14H17NO3S/c1-10(2)8-14(17)18-9-13(16)15-11-6-4-5-7-12(11)19-3/h4-8H,9H2,1-3H3,(H,15,16). The number of rotatable bonds is 5. The van der Waals surface area contributed by atoms with Gasteiger partial charge in [0.1, 0.15) is 0 Å². The number of benzene rings is 1. The summed E-state index contributed by atoms with van der Waals surface area (Å²) in [5.74, 6) is -0.856. The first-order chi connectivity index (χ1) is 9.02. The lowest BCUT2D eigenvalue weighted by Crippen LogP contribution is -2.20. The lowest BCUT2D eigenvalue weighted by atomic mass is 10.3. The molecule has 0 heterocycles. The fraction of sp³-hybridized carbons (Fsp3) is 0.286. The number of allylic oxidation sites excluding steroid dienone is 1. The van der Waals surface area contributed by atoms with E-state index in [1.807, 2.05) is 30.5 Å². The summed E-state index contributed by atoms with van der Waals surface area (Å²) in [6.45, 7) is 3.29. The number of ether oxygens (including phenoxy) is 1. The molecular weight excluding hydrogens is 262 g/mol. The molecule has 0 atom stereocenters. The monoisotopic (exact) mass is 279 g/mol. The molecule has 0 fully saturated rings. The first-order valence-corrected chi connectivity index (χ1v) is 7.00. The topological polar surface area (TPSA) is 55.4 Å². The third-order valence-corrected chi connectivity index (χ3v) is 2.93. The summed E-state index contributed by atoms with van der Waals surface area (Å²) in [6.07, 6.45) is 3.28. The maximum Gasteiger partial charge on any atom is 0.331 e. The van der Waals surface area contributed by atoms with Crippen molar-refractivity contribution in [2.75, 3.05) is 18.2 Å². The Kier molecular flexibility index (Phi) is 6.15. The minimum atomic E-state index is -0.506. The van der Waals surface area contributed by atoms with Gasteiger partial charge in [0.2, 0.25) is 0 Å². The molecule has 5 heteroatoms. The van der Waals surface area contributed by atoms with Gasteiger partial charge in [-0.3, -0.25) is 4.79 Å². The van der Waals surface area contributed by atoms with E-state index in [1.54, 1.807) is 13.8 Å². The van der Waals surface area contributed by atoms with Crippen molar-refractivity contribution in [3.8, 4) is 0 Å². The highest BCUT2D eigenvalue weighted by atomic mass is 32.2. The van der Waals surface area contributed by atoms with E-state index in [2.05, 4.69) is 5.32 Å². The van der Waals surface area contributed by atoms with E-state index < -0.39 is 5.97 Å². The summed E-state index contributed by atoms with van der Waals surface area (Å²) < 4.78 is 4.83. The van der Waals surface area contributed by atoms with Gasteiger partial charge < -0.3 is 10.1 Å². The van der Waals surface area contributed by atoms with E-state index in [-0.39, 0.29) is 12.5 Å². The highest BCUT2D eigenvalue weighted by Gasteiger charge is 2.08. The molecule has 1 aromatic carbocycles. The Morgan fingerprint density at radius 1 is 1.32 bits per heavy atom. The van der Waals surface area contributed by atoms with Crippen molar-refractivity contribution >= 4 is 29.3 Å². The summed E-state index contributed by atoms with van der Waals surface area (Å²) >= 11 is 1.54. The van der Waals surface area contributed by atoms with Gasteiger partial charge in [0.25, 0.3) is 5.91 Å². The first kappa shape index (κ1) is 15.3. The first-order valence-electron chi connectivity index (χ1n) is 5.77. The number of anilines is 1. The smallest absolute Gasteiger partial charge is 0.331 e. The van der Waals surface area contributed by atoms with E-state index in [4.69, 9.17) is 4.74 Å². The zero-order valence-corrected chi connectivity index (χ0v) is 12.0. The molecule has 1 rings (SSSR count). The number of thioether (sulfide) groups is 1. The van der Waals surface area contributed by atoms with E-state index in [0.717, 1.165) is 16.2 Å². The molecule has 0 unspecified atom stereocenters. The summed E-state index contributed by atoms with van der Waals surface area (Å²) in [7, 11) is 0. The average Bonchev–Trinajstić information content (AvgIpc) is 2.36. The minimum absolute atomic E-state index is 0.286. The second kappa shape index (κ2) is 7.63.